The lowest BCUT2D eigenvalue weighted by Gasteiger charge is -2.10. The third-order valence-electron chi connectivity index (χ3n) is 2.87. The molecular formula is C15H17N3O3. The van der Waals surface area contributed by atoms with E-state index in [2.05, 4.69) is 10.6 Å². The number of rotatable bonds is 5. The summed E-state index contributed by atoms with van der Waals surface area (Å²) in [6.07, 6.45) is 0. The van der Waals surface area contributed by atoms with Crippen LogP contribution in [0.15, 0.2) is 42.5 Å². The number of aromatic hydroxyl groups is 1. The maximum atomic E-state index is 10.8. The number of amides is 2. The maximum absolute atomic E-state index is 10.8. The van der Waals surface area contributed by atoms with E-state index in [1.807, 2.05) is 12.1 Å². The summed E-state index contributed by atoms with van der Waals surface area (Å²) < 4.78 is 5.06. The second-order valence-corrected chi connectivity index (χ2v) is 4.43. The highest BCUT2D eigenvalue weighted by atomic mass is 16.5. The van der Waals surface area contributed by atoms with E-state index in [9.17, 15) is 9.90 Å². The molecule has 0 fully saturated rings. The summed E-state index contributed by atoms with van der Waals surface area (Å²) in [7, 11) is 1.51. The molecular weight excluding hydrogens is 270 g/mol. The Bertz CT molecular complexity index is 644. The van der Waals surface area contributed by atoms with Gasteiger partial charge in [-0.05, 0) is 35.9 Å². The van der Waals surface area contributed by atoms with Crippen molar-refractivity contribution in [2.45, 2.75) is 6.54 Å². The summed E-state index contributed by atoms with van der Waals surface area (Å²) in [6.45, 7) is 0.552. The molecule has 2 rings (SSSR count). The molecule has 0 unspecified atom stereocenters. The maximum Gasteiger partial charge on any atom is 0.316 e. The van der Waals surface area contributed by atoms with Gasteiger partial charge in [0.15, 0.2) is 11.5 Å². The van der Waals surface area contributed by atoms with E-state index in [1.165, 1.54) is 7.11 Å². The van der Waals surface area contributed by atoms with E-state index in [4.69, 9.17) is 10.5 Å². The number of hydrogen-bond acceptors (Lipinski definition) is 4. The Labute approximate surface area is 122 Å². The van der Waals surface area contributed by atoms with Crippen LogP contribution < -0.4 is 21.1 Å². The molecule has 2 amide bonds. The molecule has 2 aromatic carbocycles. The molecule has 6 nitrogen and oxygen atoms in total. The standard InChI is InChI=1S/C15H17N3O3/c1-21-14-7-10(5-6-13(14)19)9-17-11-3-2-4-12(8-11)18-15(16)20/h2-8,17,19H,9H2,1H3,(H3,16,18,20). The van der Waals surface area contributed by atoms with Crippen molar-refractivity contribution in [3.63, 3.8) is 0 Å². The molecule has 2 aromatic rings. The fourth-order valence-electron chi connectivity index (χ4n) is 1.89. The second kappa shape index (κ2) is 6.51. The zero-order chi connectivity index (χ0) is 15.2. The number of phenols is 1. The number of hydrogen-bond donors (Lipinski definition) is 4. The van der Waals surface area contributed by atoms with Gasteiger partial charge in [0, 0.05) is 17.9 Å². The number of phenolic OH excluding ortho intramolecular Hbond substituents is 1. The van der Waals surface area contributed by atoms with Gasteiger partial charge >= 0.3 is 6.03 Å². The van der Waals surface area contributed by atoms with Gasteiger partial charge in [-0.25, -0.2) is 4.79 Å². The van der Waals surface area contributed by atoms with Crippen molar-refractivity contribution < 1.29 is 14.6 Å². The average molecular weight is 287 g/mol. The minimum atomic E-state index is -0.601. The topological polar surface area (TPSA) is 96.6 Å². The molecule has 0 bridgehead atoms. The molecule has 0 aliphatic heterocycles. The van der Waals surface area contributed by atoms with Crippen LogP contribution in [0.2, 0.25) is 0 Å². The van der Waals surface area contributed by atoms with Gasteiger partial charge in [0.25, 0.3) is 0 Å². The van der Waals surface area contributed by atoms with Gasteiger partial charge in [-0.1, -0.05) is 12.1 Å². The predicted molar refractivity (Wildman–Crippen MR) is 81.6 cm³/mol. The van der Waals surface area contributed by atoms with Gasteiger partial charge in [0.05, 0.1) is 7.11 Å². The molecule has 0 aliphatic carbocycles. The third kappa shape index (κ3) is 4.04. The quantitative estimate of drug-likeness (QED) is 0.679. The predicted octanol–water partition coefficient (Wildman–Crippen LogP) is 2.50. The van der Waals surface area contributed by atoms with Crippen LogP contribution in [0.4, 0.5) is 16.2 Å². The molecule has 0 aromatic heterocycles. The molecule has 5 N–H and O–H groups in total. The van der Waals surface area contributed by atoms with Crippen LogP contribution in [-0.2, 0) is 6.54 Å². The zero-order valence-electron chi connectivity index (χ0n) is 11.6. The number of carbonyl (C=O) groups is 1. The van der Waals surface area contributed by atoms with Crippen molar-refractivity contribution in [3.05, 3.63) is 48.0 Å². The molecule has 0 saturated carbocycles. The lowest BCUT2D eigenvalue weighted by atomic mass is 10.2. The van der Waals surface area contributed by atoms with E-state index in [0.29, 0.717) is 18.0 Å². The first-order chi connectivity index (χ1) is 10.1. The fourth-order valence-corrected chi connectivity index (χ4v) is 1.89. The Hall–Kier alpha value is -2.89. The Morgan fingerprint density at radius 3 is 2.71 bits per heavy atom. The molecule has 0 saturated heterocycles. The van der Waals surface area contributed by atoms with Gasteiger partial charge in [-0.3, -0.25) is 0 Å². The Morgan fingerprint density at radius 1 is 1.24 bits per heavy atom. The minimum Gasteiger partial charge on any atom is -0.504 e. The van der Waals surface area contributed by atoms with Crippen molar-refractivity contribution in [2.24, 2.45) is 5.73 Å². The van der Waals surface area contributed by atoms with Gasteiger partial charge in [0.1, 0.15) is 0 Å². The first kappa shape index (κ1) is 14.5. The lowest BCUT2D eigenvalue weighted by Crippen LogP contribution is -2.19. The van der Waals surface area contributed by atoms with Crippen molar-refractivity contribution in [3.8, 4) is 11.5 Å². The number of ether oxygens (including phenoxy) is 1. The van der Waals surface area contributed by atoms with E-state index in [-0.39, 0.29) is 5.75 Å². The molecule has 6 heteroatoms. The summed E-state index contributed by atoms with van der Waals surface area (Å²) in [5.41, 5.74) is 7.50. The number of primary amides is 1. The molecule has 0 aliphatic rings. The lowest BCUT2D eigenvalue weighted by molar-refractivity contribution is 0.259. The number of carbonyl (C=O) groups excluding carboxylic acids is 1. The van der Waals surface area contributed by atoms with E-state index < -0.39 is 6.03 Å². The molecule has 110 valence electrons. The average Bonchev–Trinajstić information content (AvgIpc) is 2.46. The van der Waals surface area contributed by atoms with Gasteiger partial charge in [-0.15, -0.1) is 0 Å². The summed E-state index contributed by atoms with van der Waals surface area (Å²) >= 11 is 0. The highest BCUT2D eigenvalue weighted by molar-refractivity contribution is 5.88. The van der Waals surface area contributed by atoms with Crippen LogP contribution in [0, 0.1) is 0 Å². The first-order valence-electron chi connectivity index (χ1n) is 6.35. The SMILES string of the molecule is COc1cc(CNc2cccc(NC(N)=O)c2)ccc1O. The number of methoxy groups -OCH3 is 1. The highest BCUT2D eigenvalue weighted by Crippen LogP contribution is 2.26. The molecule has 21 heavy (non-hydrogen) atoms. The van der Waals surface area contributed by atoms with Crippen LogP contribution >= 0.6 is 0 Å². The Balaban J connectivity index is 2.04. The van der Waals surface area contributed by atoms with Crippen molar-refractivity contribution in [1.29, 1.82) is 0 Å². The van der Waals surface area contributed by atoms with Crippen LogP contribution in [0.3, 0.4) is 0 Å². The normalized spacial score (nSPS) is 9.95. The monoisotopic (exact) mass is 287 g/mol. The van der Waals surface area contributed by atoms with Gasteiger partial charge < -0.3 is 26.2 Å². The molecule has 0 heterocycles. The van der Waals surface area contributed by atoms with Crippen molar-refractivity contribution in [2.75, 3.05) is 17.7 Å². The van der Waals surface area contributed by atoms with Gasteiger partial charge in [-0.2, -0.15) is 0 Å². The van der Waals surface area contributed by atoms with Crippen LogP contribution in [0.1, 0.15) is 5.56 Å². The smallest absolute Gasteiger partial charge is 0.316 e. The second-order valence-electron chi connectivity index (χ2n) is 4.43. The van der Waals surface area contributed by atoms with Crippen LogP contribution in [-0.4, -0.2) is 18.2 Å². The van der Waals surface area contributed by atoms with Crippen LogP contribution in [0.25, 0.3) is 0 Å². The Kier molecular flexibility index (Phi) is 4.50. The number of nitrogens with two attached hydrogens (primary N) is 1. The summed E-state index contributed by atoms with van der Waals surface area (Å²) in [5, 5.41) is 15.3. The summed E-state index contributed by atoms with van der Waals surface area (Å²) in [5.74, 6) is 0.535. The largest absolute Gasteiger partial charge is 0.504 e. The van der Waals surface area contributed by atoms with E-state index >= 15 is 0 Å². The van der Waals surface area contributed by atoms with Crippen LogP contribution in [0.5, 0.6) is 11.5 Å². The van der Waals surface area contributed by atoms with Crippen molar-refractivity contribution >= 4 is 17.4 Å². The number of anilines is 2. The van der Waals surface area contributed by atoms with E-state index in [1.54, 1.807) is 30.3 Å². The third-order valence-corrected chi connectivity index (χ3v) is 2.87. The summed E-state index contributed by atoms with van der Waals surface area (Å²) in [4.78, 5) is 10.8. The highest BCUT2D eigenvalue weighted by Gasteiger charge is 2.03. The number of benzene rings is 2. The van der Waals surface area contributed by atoms with Gasteiger partial charge in [0.2, 0.25) is 0 Å². The fraction of sp³-hybridized carbons (Fsp3) is 0.133. The van der Waals surface area contributed by atoms with E-state index in [0.717, 1.165) is 11.3 Å². The minimum absolute atomic E-state index is 0.105. The molecule has 0 radical (unpaired) electrons. The summed E-state index contributed by atoms with van der Waals surface area (Å²) in [6, 6.07) is 11.8. The molecule has 0 atom stereocenters. The Morgan fingerprint density at radius 2 is 2.00 bits per heavy atom. The number of nitrogens with one attached hydrogen (secondary N) is 2. The first-order valence-corrected chi connectivity index (χ1v) is 6.35. The zero-order valence-corrected chi connectivity index (χ0v) is 11.6. The molecule has 0 spiro atoms. The number of urea groups is 1. The van der Waals surface area contributed by atoms with Crippen molar-refractivity contribution in [1.82, 2.24) is 0 Å².